The number of amides is 2. The maximum Gasteiger partial charge on any atom is 0.259 e. The van der Waals surface area contributed by atoms with Gasteiger partial charge in [0.05, 0.1) is 53.7 Å². The quantitative estimate of drug-likeness (QED) is 0.0753. The smallest absolute Gasteiger partial charge is 0.259 e. The Labute approximate surface area is 354 Å². The molecule has 0 radical (unpaired) electrons. The van der Waals surface area contributed by atoms with E-state index in [1.807, 2.05) is 66.7 Å². The van der Waals surface area contributed by atoms with E-state index in [0.717, 1.165) is 50.2 Å². The lowest BCUT2D eigenvalue weighted by molar-refractivity contribution is 0.0981. The minimum atomic E-state index is -0.511. The lowest BCUT2D eigenvalue weighted by atomic mass is 10.00. The van der Waals surface area contributed by atoms with E-state index in [-0.39, 0.29) is 54.1 Å². The van der Waals surface area contributed by atoms with Crippen LogP contribution in [0.1, 0.15) is 33.2 Å². The summed E-state index contributed by atoms with van der Waals surface area (Å²) in [6, 6.07) is 34.1. The summed E-state index contributed by atoms with van der Waals surface area (Å²) in [5, 5.41) is 32.0. The Kier molecular flexibility index (Phi) is 8.84. The third-order valence-corrected chi connectivity index (χ3v) is 12.4. The Hall–Kier alpha value is -6.43. The number of para-hydroxylation sites is 2. The Morgan fingerprint density at radius 3 is 2.20 bits per heavy atom. The highest BCUT2D eigenvalue weighted by atomic mass is 35.5. The van der Waals surface area contributed by atoms with Crippen molar-refractivity contribution in [1.82, 2.24) is 14.9 Å². The Morgan fingerprint density at radius 2 is 1.42 bits per heavy atom. The summed E-state index contributed by atoms with van der Waals surface area (Å²) in [5.41, 5.74) is 5.76. The van der Waals surface area contributed by atoms with Crippen LogP contribution in [-0.4, -0.2) is 32.3 Å². The van der Waals surface area contributed by atoms with Crippen LogP contribution < -0.4 is 10.6 Å². The Morgan fingerprint density at radius 1 is 0.729 bits per heavy atom. The molecule has 2 aromatic heterocycles. The molecule has 0 unspecified atom stereocenters. The number of azo groups is 1. The van der Waals surface area contributed by atoms with E-state index in [1.165, 1.54) is 0 Å². The molecule has 59 heavy (non-hydrogen) atoms. The number of carbonyl (C=O) groups excluding carboxylic acids is 2. The van der Waals surface area contributed by atoms with E-state index in [0.29, 0.717) is 27.8 Å². The lowest BCUT2D eigenvalue weighted by Gasteiger charge is -2.12. The van der Waals surface area contributed by atoms with Gasteiger partial charge >= 0.3 is 0 Å². The van der Waals surface area contributed by atoms with Gasteiger partial charge in [-0.1, -0.05) is 94.9 Å². The molecule has 288 valence electrons. The number of rotatable bonds is 6. The number of amidine groups is 1. The number of aryl methyl sites for hydroxylation is 1. The van der Waals surface area contributed by atoms with E-state index in [4.69, 9.17) is 46.4 Å². The van der Waals surface area contributed by atoms with Gasteiger partial charge in [0.2, 0.25) is 0 Å². The Bertz CT molecular complexity index is 3370. The topological polar surface area (TPSA) is 136 Å². The summed E-state index contributed by atoms with van der Waals surface area (Å²) in [7, 11) is 0. The van der Waals surface area contributed by atoms with Crippen LogP contribution in [0.4, 0.5) is 22.7 Å². The van der Waals surface area contributed by atoms with Gasteiger partial charge in [-0.25, -0.2) is 4.99 Å². The molecule has 0 fully saturated rings. The first-order valence-corrected chi connectivity index (χ1v) is 19.9. The van der Waals surface area contributed by atoms with Crippen molar-refractivity contribution in [2.75, 3.05) is 5.32 Å². The van der Waals surface area contributed by atoms with Crippen molar-refractivity contribution in [3.8, 4) is 5.75 Å². The molecule has 1 aliphatic heterocycles. The Balaban J connectivity index is 1.04. The van der Waals surface area contributed by atoms with E-state index >= 15 is 0 Å². The number of H-pyrrole nitrogens is 1. The van der Waals surface area contributed by atoms with Crippen LogP contribution in [0.5, 0.6) is 5.75 Å². The van der Waals surface area contributed by atoms with Gasteiger partial charge in [0.1, 0.15) is 11.5 Å². The van der Waals surface area contributed by atoms with E-state index in [2.05, 4.69) is 54.5 Å². The number of hydrogen-bond acceptors (Lipinski definition) is 6. The summed E-state index contributed by atoms with van der Waals surface area (Å²) in [4.78, 5) is 34.9. The number of aromatic amines is 1. The molecule has 10 nitrogen and oxygen atoms in total. The first-order chi connectivity index (χ1) is 28.6. The maximum atomic E-state index is 14.1. The fourth-order valence-electron chi connectivity index (χ4n) is 7.94. The fraction of sp³-hybridized carbons (Fsp3) is 0.0444. The van der Waals surface area contributed by atoms with Crippen LogP contribution in [0.2, 0.25) is 20.1 Å². The highest BCUT2D eigenvalue weighted by molar-refractivity contribution is 6.55. The van der Waals surface area contributed by atoms with Crippen molar-refractivity contribution >= 4 is 141 Å². The van der Waals surface area contributed by atoms with E-state index < -0.39 is 11.8 Å². The number of nitrogens with one attached hydrogen (secondary N) is 3. The predicted molar refractivity (Wildman–Crippen MR) is 239 cm³/mol. The molecular weight excluding hydrogens is 828 g/mol. The van der Waals surface area contributed by atoms with Crippen LogP contribution in [0.3, 0.4) is 0 Å². The van der Waals surface area contributed by atoms with Crippen LogP contribution in [0, 0.1) is 0 Å². The number of carbonyl (C=O) groups is 2. The van der Waals surface area contributed by atoms with Gasteiger partial charge in [-0.15, -0.1) is 5.11 Å². The molecule has 0 spiro atoms. The number of aromatic nitrogens is 2. The zero-order valence-corrected chi connectivity index (χ0v) is 33.7. The number of fused-ring (bicyclic) bond motifs is 9. The fourth-order valence-corrected chi connectivity index (χ4v) is 8.96. The molecule has 2 amide bonds. The first-order valence-electron chi connectivity index (χ1n) is 18.4. The summed E-state index contributed by atoms with van der Waals surface area (Å²) >= 11 is 25.3. The van der Waals surface area contributed by atoms with Gasteiger partial charge in [0, 0.05) is 55.7 Å². The van der Waals surface area contributed by atoms with Crippen LogP contribution in [0.25, 0.3) is 54.4 Å². The molecule has 3 heterocycles. The van der Waals surface area contributed by atoms with Crippen LogP contribution in [0.15, 0.2) is 124 Å². The summed E-state index contributed by atoms with van der Waals surface area (Å²) in [5.74, 6) is -1.19. The average Bonchev–Trinajstić information content (AvgIpc) is 3.90. The molecule has 0 bridgehead atoms. The van der Waals surface area contributed by atoms with Gasteiger partial charge in [0.15, 0.2) is 5.75 Å². The van der Waals surface area contributed by atoms with Crippen molar-refractivity contribution in [2.24, 2.45) is 15.2 Å². The van der Waals surface area contributed by atoms with Gasteiger partial charge in [-0.2, -0.15) is 5.11 Å². The molecular formula is C45H27Cl4N7O3. The van der Waals surface area contributed by atoms with Crippen LogP contribution in [-0.2, 0) is 6.54 Å². The number of hydrogen-bond donors (Lipinski definition) is 4. The molecule has 9 aromatic rings. The van der Waals surface area contributed by atoms with Crippen molar-refractivity contribution in [1.29, 1.82) is 0 Å². The average molecular weight is 856 g/mol. The van der Waals surface area contributed by atoms with Gasteiger partial charge in [-0.3, -0.25) is 9.59 Å². The maximum absolute atomic E-state index is 14.1. The number of aromatic hydroxyl groups is 1. The third-order valence-electron chi connectivity index (χ3n) is 10.6. The molecule has 0 atom stereocenters. The second kappa shape index (κ2) is 14.1. The SMILES string of the molecule is CCn1c2ccccc2c2cc(NC(=O)c3cc4ccc5c6ccccc6[nH]c5c4c(N=Nc4ccc(N=C5NC(=O)c6c(Cl)c(Cl)c(Cl)c(Cl)c65)cc4)c3O)ccc21. The second-order valence-electron chi connectivity index (χ2n) is 14.0. The minimum absolute atomic E-state index is 0.0111. The molecule has 0 saturated heterocycles. The molecule has 0 saturated carbocycles. The number of halogens is 4. The van der Waals surface area contributed by atoms with Crippen LogP contribution >= 0.6 is 46.4 Å². The van der Waals surface area contributed by atoms with Gasteiger partial charge in [0.25, 0.3) is 11.8 Å². The predicted octanol–water partition coefficient (Wildman–Crippen LogP) is 13.4. The second-order valence-corrected chi connectivity index (χ2v) is 15.5. The highest BCUT2D eigenvalue weighted by Gasteiger charge is 2.34. The molecule has 4 N–H and O–H groups in total. The number of benzene rings is 7. The molecule has 10 rings (SSSR count). The zero-order valence-electron chi connectivity index (χ0n) is 30.7. The normalized spacial score (nSPS) is 13.5. The van der Waals surface area contributed by atoms with E-state index in [1.54, 1.807) is 30.3 Å². The number of phenols is 1. The van der Waals surface area contributed by atoms with Crippen molar-refractivity contribution in [3.05, 3.63) is 146 Å². The summed E-state index contributed by atoms with van der Waals surface area (Å²) < 4.78 is 2.24. The highest BCUT2D eigenvalue weighted by Crippen LogP contribution is 2.46. The zero-order chi connectivity index (χ0) is 40.7. The number of nitrogens with zero attached hydrogens (tertiary/aromatic N) is 4. The van der Waals surface area contributed by atoms with Crippen molar-refractivity contribution < 1.29 is 14.7 Å². The molecule has 0 aliphatic carbocycles. The summed E-state index contributed by atoms with van der Waals surface area (Å²) in [6.45, 7) is 2.90. The van der Waals surface area contributed by atoms with E-state index in [9.17, 15) is 14.7 Å². The largest absolute Gasteiger partial charge is 0.505 e. The monoisotopic (exact) mass is 853 g/mol. The van der Waals surface area contributed by atoms with Gasteiger partial charge in [-0.05, 0) is 73.0 Å². The minimum Gasteiger partial charge on any atom is -0.505 e. The van der Waals surface area contributed by atoms with Crippen molar-refractivity contribution in [2.45, 2.75) is 13.5 Å². The lowest BCUT2D eigenvalue weighted by Crippen LogP contribution is -2.21. The standard InChI is InChI=1S/C45H27Cl4N7O3/c1-2-56-31-10-6-4-8-26(31)28-20-24(16-18-32(28)56)51-44(58)29-19-21-11-17-27-25-7-3-5-9-30(25)52-40(27)33(21)41(42(29)57)55-54-23-14-12-22(13-15-23)50-43-34-35(45(59)53-43)37(47)39(49)38(48)36(34)46/h3-20,52,57H,2H2,1H3,(H,51,58)(H,50,53,59). The molecule has 14 heteroatoms. The molecule has 7 aromatic carbocycles. The van der Waals surface area contributed by atoms with Gasteiger partial charge < -0.3 is 25.3 Å². The van der Waals surface area contributed by atoms with Crippen molar-refractivity contribution in [3.63, 3.8) is 0 Å². The number of phenolic OH excluding ortho intramolecular Hbond substituents is 1. The first kappa shape index (κ1) is 36.9. The summed E-state index contributed by atoms with van der Waals surface area (Å²) in [6.07, 6.45) is 0. The molecule has 1 aliphatic rings. The third kappa shape index (κ3) is 5.90. The number of aliphatic imine (C=N–C) groups is 1. The number of anilines is 1.